The van der Waals surface area contributed by atoms with Crippen molar-refractivity contribution in [3.8, 4) is 22.4 Å². The molecular weight excluding hydrogens is 430 g/mol. The van der Waals surface area contributed by atoms with Gasteiger partial charge in [0.2, 0.25) is 0 Å². The number of benzene rings is 4. The van der Waals surface area contributed by atoms with Gasteiger partial charge in [0.05, 0.1) is 23.3 Å². The van der Waals surface area contributed by atoms with E-state index >= 15 is 0 Å². The first kappa shape index (κ1) is 19.5. The molecule has 4 aromatic carbocycles. The third-order valence-electron chi connectivity index (χ3n) is 6.51. The fourth-order valence-corrected chi connectivity index (χ4v) is 4.85. The maximum absolute atomic E-state index is 7.39. The average molecular weight is 447 g/mol. The third kappa shape index (κ3) is 3.07. The molecule has 0 saturated heterocycles. The van der Waals surface area contributed by atoms with E-state index in [1.807, 2.05) is 54.7 Å². The first-order valence-corrected chi connectivity index (χ1v) is 11.4. The highest BCUT2D eigenvalue weighted by Gasteiger charge is 2.14. The summed E-state index contributed by atoms with van der Waals surface area (Å²) in [6.45, 7) is 7.39. The van der Waals surface area contributed by atoms with Crippen LogP contribution in [0.4, 0.5) is 5.69 Å². The largest absolute Gasteiger partial charge is 0.456 e. The van der Waals surface area contributed by atoms with Crippen molar-refractivity contribution in [2.45, 2.75) is 0 Å². The summed E-state index contributed by atoms with van der Waals surface area (Å²) in [5, 5.41) is 4.21. The van der Waals surface area contributed by atoms with Crippen molar-refractivity contribution in [2.24, 2.45) is 0 Å². The Kier molecular flexibility index (Phi) is 4.18. The Morgan fingerprint density at radius 1 is 0.686 bits per heavy atom. The van der Waals surface area contributed by atoms with Gasteiger partial charge in [-0.3, -0.25) is 4.98 Å². The van der Waals surface area contributed by atoms with Gasteiger partial charge in [-0.05, 0) is 53.6 Å². The first-order chi connectivity index (χ1) is 17.3. The van der Waals surface area contributed by atoms with Gasteiger partial charge in [0, 0.05) is 33.3 Å². The molecule has 0 spiro atoms. The van der Waals surface area contributed by atoms with E-state index in [0.29, 0.717) is 5.69 Å². The van der Waals surface area contributed by atoms with Crippen LogP contribution in [-0.2, 0) is 0 Å². The van der Waals surface area contributed by atoms with Gasteiger partial charge in [-0.15, -0.1) is 0 Å². The van der Waals surface area contributed by atoms with Crippen LogP contribution in [0, 0.1) is 6.57 Å². The lowest BCUT2D eigenvalue weighted by Crippen LogP contribution is -1.88. The number of aromatic nitrogens is 2. The van der Waals surface area contributed by atoms with Crippen LogP contribution in [0.2, 0.25) is 0 Å². The molecule has 0 bridgehead atoms. The van der Waals surface area contributed by atoms with Gasteiger partial charge < -0.3 is 4.42 Å². The van der Waals surface area contributed by atoms with Gasteiger partial charge >= 0.3 is 0 Å². The molecule has 0 amide bonds. The van der Waals surface area contributed by atoms with Crippen LogP contribution in [0.1, 0.15) is 0 Å². The minimum atomic E-state index is 0.620. The number of hydrogen-bond acceptors (Lipinski definition) is 3. The van der Waals surface area contributed by atoms with Crippen molar-refractivity contribution in [1.82, 2.24) is 9.97 Å². The van der Waals surface area contributed by atoms with Gasteiger partial charge in [0.15, 0.2) is 5.69 Å². The van der Waals surface area contributed by atoms with Gasteiger partial charge in [-0.25, -0.2) is 9.83 Å². The quantitative estimate of drug-likeness (QED) is 0.197. The van der Waals surface area contributed by atoms with Crippen molar-refractivity contribution >= 4 is 49.4 Å². The number of fused-ring (bicyclic) bond motifs is 6. The highest BCUT2D eigenvalue weighted by molar-refractivity contribution is 6.13. The first-order valence-electron chi connectivity index (χ1n) is 11.4. The summed E-state index contributed by atoms with van der Waals surface area (Å²) >= 11 is 0. The van der Waals surface area contributed by atoms with Crippen molar-refractivity contribution in [3.05, 3.63) is 115 Å². The van der Waals surface area contributed by atoms with Crippen LogP contribution < -0.4 is 0 Å². The number of pyridine rings is 2. The minimum absolute atomic E-state index is 0.620. The number of hydrogen-bond donors (Lipinski definition) is 0. The zero-order valence-electron chi connectivity index (χ0n) is 18.6. The molecule has 3 aromatic heterocycles. The topological polar surface area (TPSA) is 43.3 Å². The van der Waals surface area contributed by atoms with E-state index in [0.717, 1.165) is 66.1 Å². The van der Waals surface area contributed by atoms with Crippen LogP contribution >= 0.6 is 0 Å². The molecule has 4 heteroatoms. The molecule has 0 atom stereocenters. The summed E-state index contributed by atoms with van der Waals surface area (Å²) in [4.78, 5) is 13.2. The zero-order valence-corrected chi connectivity index (χ0v) is 18.6. The van der Waals surface area contributed by atoms with Crippen LogP contribution in [0.15, 0.2) is 108 Å². The van der Waals surface area contributed by atoms with Crippen LogP contribution in [0.3, 0.4) is 0 Å². The molecule has 3 heterocycles. The molecule has 35 heavy (non-hydrogen) atoms. The van der Waals surface area contributed by atoms with Gasteiger partial charge in [-0.1, -0.05) is 54.6 Å². The van der Waals surface area contributed by atoms with Crippen molar-refractivity contribution in [3.63, 3.8) is 0 Å². The summed E-state index contributed by atoms with van der Waals surface area (Å²) in [6, 6.07) is 32.3. The Labute approximate surface area is 200 Å². The predicted octanol–water partition coefficient (Wildman–Crippen LogP) is 8.57. The van der Waals surface area contributed by atoms with E-state index in [4.69, 9.17) is 16.0 Å². The maximum Gasteiger partial charge on any atom is 0.187 e. The molecule has 0 saturated carbocycles. The van der Waals surface area contributed by atoms with Crippen molar-refractivity contribution < 1.29 is 4.42 Å². The Morgan fingerprint density at radius 2 is 1.54 bits per heavy atom. The lowest BCUT2D eigenvalue weighted by molar-refractivity contribution is 0.669. The van der Waals surface area contributed by atoms with Gasteiger partial charge in [0.1, 0.15) is 11.2 Å². The SMILES string of the molecule is [C-]#[N+]c1cccc(-c2cccc3oc4ccc(-c5ccc6ccc7cccnc7c6n5)cc4c23)c1. The Balaban J connectivity index is 1.46. The Bertz CT molecular complexity index is 1980. The van der Waals surface area contributed by atoms with E-state index in [-0.39, 0.29) is 0 Å². The number of nitrogens with zero attached hydrogens (tertiary/aromatic N) is 3. The molecule has 0 radical (unpaired) electrons. The number of rotatable bonds is 2. The van der Waals surface area contributed by atoms with Gasteiger partial charge in [-0.2, -0.15) is 0 Å². The predicted molar refractivity (Wildman–Crippen MR) is 141 cm³/mol. The summed E-state index contributed by atoms with van der Waals surface area (Å²) in [5.74, 6) is 0. The summed E-state index contributed by atoms with van der Waals surface area (Å²) in [7, 11) is 0. The molecule has 4 nitrogen and oxygen atoms in total. The summed E-state index contributed by atoms with van der Waals surface area (Å²) in [5.41, 5.74) is 8.02. The molecule has 0 aliphatic rings. The van der Waals surface area contributed by atoms with E-state index in [1.54, 1.807) is 0 Å². The molecular formula is C31H17N3O. The van der Waals surface area contributed by atoms with Gasteiger partial charge in [0.25, 0.3) is 0 Å². The molecule has 7 aromatic rings. The summed E-state index contributed by atoms with van der Waals surface area (Å²) < 4.78 is 6.20. The van der Waals surface area contributed by atoms with E-state index < -0.39 is 0 Å². The van der Waals surface area contributed by atoms with Crippen LogP contribution in [0.25, 0.3) is 71.0 Å². The molecule has 7 rings (SSSR count). The maximum atomic E-state index is 7.39. The second-order valence-corrected chi connectivity index (χ2v) is 8.56. The molecule has 162 valence electrons. The molecule has 0 fully saturated rings. The Hall–Kier alpha value is -5.01. The normalized spacial score (nSPS) is 11.4. The second-order valence-electron chi connectivity index (χ2n) is 8.56. The summed E-state index contributed by atoms with van der Waals surface area (Å²) in [6.07, 6.45) is 1.81. The number of furan rings is 1. The van der Waals surface area contributed by atoms with Crippen LogP contribution in [0.5, 0.6) is 0 Å². The molecule has 0 aliphatic carbocycles. The fourth-order valence-electron chi connectivity index (χ4n) is 4.85. The Morgan fingerprint density at radius 3 is 2.46 bits per heavy atom. The highest BCUT2D eigenvalue weighted by Crippen LogP contribution is 2.39. The van der Waals surface area contributed by atoms with E-state index in [2.05, 4.69) is 58.4 Å². The average Bonchev–Trinajstić information content (AvgIpc) is 3.31. The zero-order chi connectivity index (χ0) is 23.4. The van der Waals surface area contributed by atoms with Crippen LogP contribution in [-0.4, -0.2) is 9.97 Å². The van der Waals surface area contributed by atoms with Crippen molar-refractivity contribution in [1.29, 1.82) is 0 Å². The monoisotopic (exact) mass is 447 g/mol. The highest BCUT2D eigenvalue weighted by atomic mass is 16.3. The standard InChI is InChI=1S/C31H17N3O/c1-32-23-7-2-5-21(17-23)24-8-3-9-28-29(24)25-18-22(13-15-27(25)35-28)26-14-12-20-11-10-19-6-4-16-33-30(19)31(20)34-26/h2-18H. The third-order valence-corrected chi connectivity index (χ3v) is 6.51. The lowest BCUT2D eigenvalue weighted by Gasteiger charge is -2.07. The van der Waals surface area contributed by atoms with Crippen molar-refractivity contribution in [2.75, 3.05) is 0 Å². The fraction of sp³-hybridized carbons (Fsp3) is 0. The smallest absolute Gasteiger partial charge is 0.187 e. The molecule has 0 unspecified atom stereocenters. The molecule has 0 N–H and O–H groups in total. The van der Waals surface area contributed by atoms with E-state index in [1.165, 1.54) is 0 Å². The minimum Gasteiger partial charge on any atom is -0.456 e. The van der Waals surface area contributed by atoms with E-state index in [9.17, 15) is 0 Å². The molecule has 0 aliphatic heterocycles. The second kappa shape index (κ2) is 7.51. The lowest BCUT2D eigenvalue weighted by atomic mass is 9.98.